The normalized spacial score (nSPS) is 14.6. The van der Waals surface area contributed by atoms with Gasteiger partial charge in [-0.25, -0.2) is 9.78 Å². The molecule has 1 aliphatic rings. The van der Waals surface area contributed by atoms with Gasteiger partial charge in [0.05, 0.1) is 7.11 Å². The Morgan fingerprint density at radius 2 is 1.83 bits per heavy atom. The number of carbonyl (C=O) groups excluding carboxylic acids is 2. The summed E-state index contributed by atoms with van der Waals surface area (Å²) in [5.41, 5.74) is 2.33. The predicted molar refractivity (Wildman–Crippen MR) is 110 cm³/mol. The maximum Gasteiger partial charge on any atom is 0.317 e. The summed E-state index contributed by atoms with van der Waals surface area (Å²) in [6, 6.07) is 7.80. The molecule has 29 heavy (non-hydrogen) atoms. The number of aryl methyl sites for hydroxylation is 1. The Bertz CT molecular complexity index is 867. The first-order valence-electron chi connectivity index (χ1n) is 9.87. The van der Waals surface area contributed by atoms with Crippen molar-refractivity contribution >= 4 is 11.9 Å². The van der Waals surface area contributed by atoms with Crippen molar-refractivity contribution in [3.8, 4) is 5.75 Å². The molecule has 1 fully saturated rings. The van der Waals surface area contributed by atoms with Gasteiger partial charge in [0.15, 0.2) is 0 Å². The molecule has 0 atom stereocenters. The molecule has 0 bridgehead atoms. The molecule has 2 N–H and O–H groups in total. The van der Waals surface area contributed by atoms with Crippen LogP contribution in [0.1, 0.15) is 46.5 Å². The molecule has 0 unspecified atom stereocenters. The Balaban J connectivity index is 1.65. The van der Waals surface area contributed by atoms with Crippen LogP contribution in [0.15, 0.2) is 24.3 Å². The SMILES string of the molecule is CNC(=O)N1CCC(n2c(C)nc(C(=O)NCc3ccc(OC)cc3)c2C)CC1. The molecule has 1 saturated heterocycles. The van der Waals surface area contributed by atoms with E-state index >= 15 is 0 Å². The van der Waals surface area contributed by atoms with Crippen molar-refractivity contribution in [3.63, 3.8) is 0 Å². The largest absolute Gasteiger partial charge is 0.497 e. The summed E-state index contributed by atoms with van der Waals surface area (Å²) in [6.07, 6.45) is 1.69. The van der Waals surface area contributed by atoms with E-state index in [1.54, 1.807) is 14.2 Å². The van der Waals surface area contributed by atoms with Gasteiger partial charge in [-0.15, -0.1) is 0 Å². The Morgan fingerprint density at radius 3 is 2.41 bits per heavy atom. The predicted octanol–water partition coefficient (Wildman–Crippen LogP) is 2.41. The van der Waals surface area contributed by atoms with Gasteiger partial charge in [0.25, 0.3) is 5.91 Å². The van der Waals surface area contributed by atoms with Gasteiger partial charge in [-0.3, -0.25) is 4.79 Å². The number of benzene rings is 1. The molecule has 1 aliphatic heterocycles. The maximum absolute atomic E-state index is 12.7. The third-order valence-corrected chi connectivity index (χ3v) is 5.48. The molecule has 2 aromatic rings. The molecule has 2 heterocycles. The first-order chi connectivity index (χ1) is 13.9. The molecule has 156 valence electrons. The Labute approximate surface area is 171 Å². The molecule has 1 aromatic heterocycles. The van der Waals surface area contributed by atoms with Crippen LogP contribution in [0.4, 0.5) is 4.79 Å². The Morgan fingerprint density at radius 1 is 1.17 bits per heavy atom. The quantitative estimate of drug-likeness (QED) is 0.808. The van der Waals surface area contributed by atoms with Gasteiger partial charge in [-0.05, 0) is 44.4 Å². The molecule has 0 radical (unpaired) electrons. The lowest BCUT2D eigenvalue weighted by molar-refractivity contribution is 0.0945. The summed E-state index contributed by atoms with van der Waals surface area (Å²) >= 11 is 0. The number of methoxy groups -OCH3 is 1. The van der Waals surface area contributed by atoms with E-state index in [-0.39, 0.29) is 18.0 Å². The lowest BCUT2D eigenvalue weighted by Gasteiger charge is -2.33. The molecule has 3 amide bonds. The van der Waals surface area contributed by atoms with Crippen LogP contribution in [0.25, 0.3) is 0 Å². The van der Waals surface area contributed by atoms with Gasteiger partial charge >= 0.3 is 6.03 Å². The van der Waals surface area contributed by atoms with Crippen molar-refractivity contribution in [2.24, 2.45) is 0 Å². The van der Waals surface area contributed by atoms with Crippen LogP contribution in [-0.4, -0.2) is 53.6 Å². The van der Waals surface area contributed by atoms with Crippen LogP contribution in [0.5, 0.6) is 5.75 Å². The summed E-state index contributed by atoms with van der Waals surface area (Å²) in [4.78, 5) is 30.9. The van der Waals surface area contributed by atoms with Gasteiger partial charge in [-0.2, -0.15) is 0 Å². The average Bonchev–Trinajstić information content (AvgIpc) is 3.06. The fraction of sp³-hybridized carbons (Fsp3) is 0.476. The fourth-order valence-electron chi connectivity index (χ4n) is 3.90. The first-order valence-corrected chi connectivity index (χ1v) is 9.87. The number of nitrogens with zero attached hydrogens (tertiary/aromatic N) is 3. The number of imidazole rings is 1. The zero-order chi connectivity index (χ0) is 21.0. The molecular weight excluding hydrogens is 370 g/mol. The summed E-state index contributed by atoms with van der Waals surface area (Å²) in [5, 5.41) is 5.62. The molecule has 8 heteroatoms. The van der Waals surface area contributed by atoms with Crippen LogP contribution in [0.2, 0.25) is 0 Å². The molecule has 8 nitrogen and oxygen atoms in total. The van der Waals surface area contributed by atoms with Gasteiger partial charge in [0, 0.05) is 38.4 Å². The molecule has 3 rings (SSSR count). The topological polar surface area (TPSA) is 88.5 Å². The highest BCUT2D eigenvalue weighted by Gasteiger charge is 2.27. The van der Waals surface area contributed by atoms with Crippen molar-refractivity contribution in [3.05, 3.63) is 47.0 Å². The van der Waals surface area contributed by atoms with E-state index in [0.717, 1.165) is 35.7 Å². The van der Waals surface area contributed by atoms with Crippen LogP contribution < -0.4 is 15.4 Å². The van der Waals surface area contributed by atoms with E-state index in [9.17, 15) is 9.59 Å². The highest BCUT2D eigenvalue weighted by Crippen LogP contribution is 2.27. The highest BCUT2D eigenvalue weighted by atomic mass is 16.5. The van der Waals surface area contributed by atoms with E-state index in [2.05, 4.69) is 20.2 Å². The van der Waals surface area contributed by atoms with Crippen LogP contribution in [0.3, 0.4) is 0 Å². The maximum atomic E-state index is 12.7. The molecule has 0 aliphatic carbocycles. The van der Waals surface area contributed by atoms with Crippen LogP contribution >= 0.6 is 0 Å². The first kappa shape index (κ1) is 20.7. The average molecular weight is 399 g/mol. The van der Waals surface area contributed by atoms with Gasteiger partial charge in [-0.1, -0.05) is 12.1 Å². The zero-order valence-electron chi connectivity index (χ0n) is 17.5. The molecule has 0 spiro atoms. The number of amides is 3. The van der Waals surface area contributed by atoms with Gasteiger partial charge < -0.3 is 24.8 Å². The summed E-state index contributed by atoms with van der Waals surface area (Å²) in [5.74, 6) is 1.44. The number of nitrogens with one attached hydrogen (secondary N) is 2. The van der Waals surface area contributed by atoms with Crippen molar-refractivity contribution in [2.45, 2.75) is 39.3 Å². The number of ether oxygens (including phenoxy) is 1. The Kier molecular flexibility index (Phi) is 6.41. The minimum Gasteiger partial charge on any atom is -0.497 e. The standard InChI is InChI=1S/C21H29N5O3/c1-14-19(20(27)23-13-16-5-7-18(29-4)8-6-16)24-15(2)26(14)17-9-11-25(12-10-17)21(28)22-3/h5-8,17H,9-13H2,1-4H3,(H,22,28)(H,23,27). The number of carbonyl (C=O) groups is 2. The number of hydrogen-bond acceptors (Lipinski definition) is 4. The Hall–Kier alpha value is -3.03. The summed E-state index contributed by atoms with van der Waals surface area (Å²) < 4.78 is 7.30. The second-order valence-electron chi connectivity index (χ2n) is 7.27. The number of likely N-dealkylation sites (tertiary alicyclic amines) is 1. The number of aromatic nitrogens is 2. The summed E-state index contributed by atoms with van der Waals surface area (Å²) in [7, 11) is 3.27. The zero-order valence-corrected chi connectivity index (χ0v) is 17.5. The monoisotopic (exact) mass is 399 g/mol. The van der Waals surface area contributed by atoms with E-state index in [0.29, 0.717) is 25.3 Å². The van der Waals surface area contributed by atoms with E-state index in [1.807, 2.05) is 43.0 Å². The van der Waals surface area contributed by atoms with E-state index in [4.69, 9.17) is 4.74 Å². The second kappa shape index (κ2) is 8.98. The lowest BCUT2D eigenvalue weighted by Crippen LogP contribution is -2.43. The fourth-order valence-corrected chi connectivity index (χ4v) is 3.90. The highest BCUT2D eigenvalue weighted by molar-refractivity contribution is 5.93. The van der Waals surface area contributed by atoms with Crippen molar-refractivity contribution in [2.75, 3.05) is 27.2 Å². The van der Waals surface area contributed by atoms with Gasteiger partial charge in [0.1, 0.15) is 17.3 Å². The number of piperidine rings is 1. The smallest absolute Gasteiger partial charge is 0.317 e. The number of rotatable bonds is 5. The van der Waals surface area contributed by atoms with E-state index < -0.39 is 0 Å². The van der Waals surface area contributed by atoms with Gasteiger partial charge in [0.2, 0.25) is 0 Å². The number of hydrogen-bond donors (Lipinski definition) is 2. The minimum atomic E-state index is -0.178. The molecular formula is C21H29N5O3. The molecule has 1 aromatic carbocycles. The third kappa shape index (κ3) is 4.52. The van der Waals surface area contributed by atoms with E-state index in [1.165, 1.54) is 0 Å². The van der Waals surface area contributed by atoms with Crippen LogP contribution in [-0.2, 0) is 6.54 Å². The number of urea groups is 1. The van der Waals surface area contributed by atoms with Crippen molar-refractivity contribution in [1.82, 2.24) is 25.1 Å². The van der Waals surface area contributed by atoms with Crippen LogP contribution in [0, 0.1) is 13.8 Å². The third-order valence-electron chi connectivity index (χ3n) is 5.48. The molecule has 0 saturated carbocycles. The minimum absolute atomic E-state index is 0.0406. The second-order valence-corrected chi connectivity index (χ2v) is 7.27. The van der Waals surface area contributed by atoms with Crippen molar-refractivity contribution < 1.29 is 14.3 Å². The lowest BCUT2D eigenvalue weighted by atomic mass is 10.0. The van der Waals surface area contributed by atoms with Crippen molar-refractivity contribution in [1.29, 1.82) is 0 Å². The summed E-state index contributed by atoms with van der Waals surface area (Å²) in [6.45, 7) is 5.69.